The van der Waals surface area contributed by atoms with E-state index < -0.39 is 5.97 Å². The normalized spacial score (nSPS) is 10.6. The summed E-state index contributed by atoms with van der Waals surface area (Å²) in [5, 5.41) is 21.1. The number of phenols is 2. The molecule has 3 aromatic carbocycles. The third kappa shape index (κ3) is 4.31. The van der Waals surface area contributed by atoms with Gasteiger partial charge in [0.2, 0.25) is 0 Å². The summed E-state index contributed by atoms with van der Waals surface area (Å²) < 4.78 is 15.4. The van der Waals surface area contributed by atoms with Crippen LogP contribution in [0.15, 0.2) is 60.7 Å². The third-order valence-electron chi connectivity index (χ3n) is 5.08. The van der Waals surface area contributed by atoms with Crippen LogP contribution >= 0.6 is 0 Å². The van der Waals surface area contributed by atoms with Crippen LogP contribution in [-0.2, 0) is 4.74 Å². The highest BCUT2D eigenvalue weighted by Crippen LogP contribution is 2.41. The average molecular weight is 459 g/mol. The number of hydrogen-bond donors (Lipinski definition) is 2. The van der Waals surface area contributed by atoms with Crippen LogP contribution in [-0.4, -0.2) is 52.5 Å². The van der Waals surface area contributed by atoms with Crippen molar-refractivity contribution in [2.75, 3.05) is 21.3 Å². The Hall–Kier alpha value is -4.66. The molecule has 1 aromatic heterocycles. The molecule has 4 aromatic rings. The second-order valence-corrected chi connectivity index (χ2v) is 7.12. The summed E-state index contributed by atoms with van der Waals surface area (Å²) >= 11 is 0. The number of esters is 1. The minimum Gasteiger partial charge on any atom is -0.507 e. The highest BCUT2D eigenvalue weighted by molar-refractivity contribution is 5.89. The molecule has 34 heavy (non-hydrogen) atoms. The molecule has 0 amide bonds. The van der Waals surface area contributed by atoms with E-state index in [2.05, 4.69) is 15.0 Å². The monoisotopic (exact) mass is 459 g/mol. The topological polar surface area (TPSA) is 124 Å². The van der Waals surface area contributed by atoms with Crippen LogP contribution < -0.4 is 9.47 Å². The number of carbonyl (C=O) groups is 1. The molecule has 0 bridgehead atoms. The number of carbonyl (C=O) groups excluding carboxylic acids is 1. The fraction of sp³-hybridized carbons (Fsp3) is 0.120. The first-order chi connectivity index (χ1) is 16.4. The maximum absolute atomic E-state index is 11.8. The van der Waals surface area contributed by atoms with Gasteiger partial charge in [-0.2, -0.15) is 0 Å². The molecule has 0 saturated heterocycles. The van der Waals surface area contributed by atoms with Crippen LogP contribution in [0.1, 0.15) is 10.4 Å². The van der Waals surface area contributed by atoms with Gasteiger partial charge in [-0.3, -0.25) is 0 Å². The SMILES string of the molecule is COC(=O)c1ccc(-c2nc(-c3ccccc3O)nc(-c3c(O)cc(OC)cc3OC)n2)cc1. The molecule has 0 aliphatic carbocycles. The Kier molecular flexibility index (Phi) is 6.26. The van der Waals surface area contributed by atoms with E-state index in [0.717, 1.165) is 0 Å². The van der Waals surface area contributed by atoms with E-state index in [0.29, 0.717) is 28.2 Å². The molecule has 1 heterocycles. The first-order valence-electron chi connectivity index (χ1n) is 10.1. The zero-order valence-corrected chi connectivity index (χ0v) is 18.6. The number of ether oxygens (including phenoxy) is 3. The van der Waals surface area contributed by atoms with Gasteiger partial charge in [0.25, 0.3) is 0 Å². The van der Waals surface area contributed by atoms with Crippen molar-refractivity contribution in [2.24, 2.45) is 0 Å². The molecule has 0 radical (unpaired) electrons. The van der Waals surface area contributed by atoms with Crippen LogP contribution in [0, 0.1) is 0 Å². The van der Waals surface area contributed by atoms with Gasteiger partial charge < -0.3 is 24.4 Å². The number of aromatic nitrogens is 3. The fourth-order valence-electron chi connectivity index (χ4n) is 3.35. The largest absolute Gasteiger partial charge is 0.507 e. The molecule has 0 aliphatic heterocycles. The summed E-state index contributed by atoms with van der Waals surface area (Å²) in [6.45, 7) is 0. The quantitative estimate of drug-likeness (QED) is 0.410. The lowest BCUT2D eigenvalue weighted by molar-refractivity contribution is 0.0600. The molecule has 0 saturated carbocycles. The van der Waals surface area contributed by atoms with Gasteiger partial charge in [-0.15, -0.1) is 0 Å². The minimum absolute atomic E-state index is 0.0162. The molecule has 172 valence electrons. The second kappa shape index (κ2) is 9.45. The number of rotatable bonds is 6. The van der Waals surface area contributed by atoms with E-state index in [1.807, 2.05) is 0 Å². The zero-order chi connectivity index (χ0) is 24.2. The maximum atomic E-state index is 11.8. The molecule has 4 rings (SSSR count). The number of hydrogen-bond acceptors (Lipinski definition) is 9. The molecular weight excluding hydrogens is 438 g/mol. The standard InChI is InChI=1S/C25H21N3O6/c1-32-16-12-19(30)21(20(13-16)33-2)24-27-22(14-8-10-15(11-9-14)25(31)34-3)26-23(28-24)17-6-4-5-7-18(17)29/h4-13,29-30H,1-3H3. The van der Waals surface area contributed by atoms with Gasteiger partial charge in [-0.1, -0.05) is 24.3 Å². The Morgan fingerprint density at radius 1 is 0.765 bits per heavy atom. The molecule has 0 spiro atoms. The Morgan fingerprint density at radius 2 is 1.44 bits per heavy atom. The summed E-state index contributed by atoms with van der Waals surface area (Å²) in [5.74, 6) is 0.618. The van der Waals surface area contributed by atoms with Crippen molar-refractivity contribution in [3.63, 3.8) is 0 Å². The molecule has 0 unspecified atom stereocenters. The molecule has 2 N–H and O–H groups in total. The van der Waals surface area contributed by atoms with Crippen molar-refractivity contribution in [3.8, 4) is 57.2 Å². The van der Waals surface area contributed by atoms with Gasteiger partial charge in [0.1, 0.15) is 28.6 Å². The Balaban J connectivity index is 1.94. The number of methoxy groups -OCH3 is 3. The van der Waals surface area contributed by atoms with E-state index in [-0.39, 0.29) is 34.5 Å². The van der Waals surface area contributed by atoms with Gasteiger partial charge in [0.05, 0.1) is 32.5 Å². The molecule has 0 fully saturated rings. The number of benzene rings is 3. The van der Waals surface area contributed by atoms with E-state index >= 15 is 0 Å². The summed E-state index contributed by atoms with van der Waals surface area (Å²) in [5.41, 5.74) is 1.57. The number of para-hydroxylation sites is 1. The van der Waals surface area contributed by atoms with Crippen molar-refractivity contribution in [2.45, 2.75) is 0 Å². The minimum atomic E-state index is -0.467. The lowest BCUT2D eigenvalue weighted by atomic mass is 10.1. The lowest BCUT2D eigenvalue weighted by Crippen LogP contribution is -2.03. The number of phenolic OH excluding ortho intramolecular Hbond substituents is 2. The van der Waals surface area contributed by atoms with Crippen LogP contribution in [0.5, 0.6) is 23.0 Å². The van der Waals surface area contributed by atoms with Gasteiger partial charge in [0.15, 0.2) is 17.5 Å². The van der Waals surface area contributed by atoms with Gasteiger partial charge in [-0.05, 0) is 24.3 Å². The smallest absolute Gasteiger partial charge is 0.337 e. The van der Waals surface area contributed by atoms with Gasteiger partial charge in [0, 0.05) is 17.7 Å². The highest BCUT2D eigenvalue weighted by Gasteiger charge is 2.21. The molecule has 0 aliphatic rings. The van der Waals surface area contributed by atoms with Crippen molar-refractivity contribution >= 4 is 5.97 Å². The van der Waals surface area contributed by atoms with E-state index in [4.69, 9.17) is 14.2 Å². The summed E-state index contributed by atoms with van der Waals surface area (Å²) in [6, 6.07) is 16.2. The van der Waals surface area contributed by atoms with Gasteiger partial charge >= 0.3 is 5.97 Å². The van der Waals surface area contributed by atoms with Crippen molar-refractivity contribution in [1.82, 2.24) is 15.0 Å². The van der Waals surface area contributed by atoms with E-state index in [9.17, 15) is 15.0 Å². The van der Waals surface area contributed by atoms with Crippen LogP contribution in [0.25, 0.3) is 34.2 Å². The Labute approximate surface area is 195 Å². The average Bonchev–Trinajstić information content (AvgIpc) is 2.87. The Bertz CT molecular complexity index is 1360. The predicted molar refractivity (Wildman–Crippen MR) is 124 cm³/mol. The lowest BCUT2D eigenvalue weighted by Gasteiger charge is -2.14. The van der Waals surface area contributed by atoms with Crippen molar-refractivity contribution < 1.29 is 29.2 Å². The summed E-state index contributed by atoms with van der Waals surface area (Å²) in [7, 11) is 4.24. The first-order valence-corrected chi connectivity index (χ1v) is 10.1. The van der Waals surface area contributed by atoms with Gasteiger partial charge in [-0.25, -0.2) is 19.7 Å². The van der Waals surface area contributed by atoms with Crippen LogP contribution in [0.3, 0.4) is 0 Å². The fourth-order valence-corrected chi connectivity index (χ4v) is 3.35. The predicted octanol–water partition coefficient (Wildman–Crippen LogP) is 4.09. The summed E-state index contributed by atoms with van der Waals surface area (Å²) in [4.78, 5) is 25.4. The molecule has 0 atom stereocenters. The molecule has 9 nitrogen and oxygen atoms in total. The van der Waals surface area contributed by atoms with Crippen LogP contribution in [0.4, 0.5) is 0 Å². The number of nitrogens with zero attached hydrogens (tertiary/aromatic N) is 3. The van der Waals surface area contributed by atoms with E-state index in [1.165, 1.54) is 33.5 Å². The van der Waals surface area contributed by atoms with E-state index in [1.54, 1.807) is 48.5 Å². The van der Waals surface area contributed by atoms with Crippen molar-refractivity contribution in [3.05, 3.63) is 66.2 Å². The zero-order valence-electron chi connectivity index (χ0n) is 18.6. The maximum Gasteiger partial charge on any atom is 0.337 e. The molecular formula is C25H21N3O6. The first kappa shape index (κ1) is 22.5. The molecule has 9 heteroatoms. The Morgan fingerprint density at radius 3 is 2.09 bits per heavy atom. The van der Waals surface area contributed by atoms with Crippen LogP contribution in [0.2, 0.25) is 0 Å². The third-order valence-corrected chi connectivity index (χ3v) is 5.08. The summed E-state index contributed by atoms with van der Waals surface area (Å²) in [6.07, 6.45) is 0. The second-order valence-electron chi connectivity index (χ2n) is 7.12. The highest BCUT2D eigenvalue weighted by atomic mass is 16.5. The number of aromatic hydroxyl groups is 2. The van der Waals surface area contributed by atoms with Crippen molar-refractivity contribution in [1.29, 1.82) is 0 Å².